The molecule has 0 aromatic rings. The molecule has 0 aromatic heterocycles. The molecule has 1 saturated heterocycles. The molecule has 1 saturated carbocycles. The number of aliphatic hydroxyl groups is 1. The van der Waals surface area contributed by atoms with Crippen LogP contribution in [0.4, 0.5) is 13.2 Å². The highest BCUT2D eigenvalue weighted by Crippen LogP contribution is 2.32. The molecule has 0 spiro atoms. The van der Waals surface area contributed by atoms with Gasteiger partial charge in [-0.1, -0.05) is 0 Å². The molecule has 3 atom stereocenters. The average molecular weight is 352 g/mol. The van der Waals surface area contributed by atoms with E-state index < -0.39 is 30.8 Å². The fourth-order valence-corrected chi connectivity index (χ4v) is 2.77. The van der Waals surface area contributed by atoms with Gasteiger partial charge < -0.3 is 20.5 Å². The average Bonchev–Trinajstić information content (AvgIpc) is 3.30. The molecule has 0 bridgehead atoms. The maximum atomic E-state index is 12.1. The Bertz CT molecular complexity index is 454. The number of hydrogen-bond acceptors (Lipinski definition) is 4. The minimum absolute atomic E-state index is 0.0779. The normalized spacial score (nSPS) is 27.6. The Hall–Kier alpha value is -1.35. The van der Waals surface area contributed by atoms with E-state index in [2.05, 4.69) is 5.32 Å². The molecular formula is C15H23F3N2O4. The van der Waals surface area contributed by atoms with Crippen molar-refractivity contribution in [3.63, 3.8) is 0 Å². The lowest BCUT2D eigenvalue weighted by Crippen LogP contribution is -2.51. The zero-order valence-corrected chi connectivity index (χ0v) is 13.3. The van der Waals surface area contributed by atoms with Crippen molar-refractivity contribution in [2.24, 2.45) is 5.92 Å². The van der Waals surface area contributed by atoms with E-state index >= 15 is 0 Å². The number of alkyl halides is 3. The fourth-order valence-electron chi connectivity index (χ4n) is 2.77. The maximum Gasteiger partial charge on any atom is 0.405 e. The van der Waals surface area contributed by atoms with Gasteiger partial charge in [0.15, 0.2) is 0 Å². The van der Waals surface area contributed by atoms with Crippen molar-refractivity contribution in [2.75, 3.05) is 13.2 Å². The van der Waals surface area contributed by atoms with E-state index in [9.17, 15) is 27.9 Å². The Morgan fingerprint density at radius 3 is 2.38 bits per heavy atom. The molecular weight excluding hydrogens is 329 g/mol. The second kappa shape index (κ2) is 8.15. The summed E-state index contributed by atoms with van der Waals surface area (Å²) in [6.07, 6.45) is -2.32. The third-order valence-electron chi connectivity index (χ3n) is 4.21. The number of rotatable bonds is 7. The van der Waals surface area contributed by atoms with Gasteiger partial charge in [0.05, 0.1) is 25.2 Å². The molecule has 1 aliphatic carbocycles. The summed E-state index contributed by atoms with van der Waals surface area (Å²) in [7, 11) is 0. The van der Waals surface area contributed by atoms with Crippen LogP contribution in [0.3, 0.4) is 0 Å². The standard InChI is InChI=1S/C15H23F3N2O4/c16-15(17,18)8-19-13(22)6-10-3-4-11(12(7-21)24-10)20-14(23)5-9-1-2-9/h9-12,21H,1-8H2,(H,19,22)(H,20,23)/t10-,11-,12-/m0/s1. The highest BCUT2D eigenvalue weighted by Gasteiger charge is 2.34. The summed E-state index contributed by atoms with van der Waals surface area (Å²) in [6, 6.07) is -0.337. The lowest BCUT2D eigenvalue weighted by Gasteiger charge is -2.36. The van der Waals surface area contributed by atoms with Gasteiger partial charge >= 0.3 is 6.18 Å². The Morgan fingerprint density at radius 2 is 1.79 bits per heavy atom. The lowest BCUT2D eigenvalue weighted by molar-refractivity contribution is -0.144. The summed E-state index contributed by atoms with van der Waals surface area (Å²) in [5, 5.41) is 14.0. The van der Waals surface area contributed by atoms with Crippen molar-refractivity contribution < 1.29 is 32.6 Å². The summed E-state index contributed by atoms with van der Waals surface area (Å²) < 4.78 is 41.7. The predicted octanol–water partition coefficient (Wildman–Crippen LogP) is 0.880. The molecule has 2 aliphatic rings. The van der Waals surface area contributed by atoms with Crippen LogP contribution in [0.15, 0.2) is 0 Å². The third kappa shape index (κ3) is 6.64. The minimum atomic E-state index is -4.45. The van der Waals surface area contributed by atoms with Gasteiger partial charge in [-0.25, -0.2) is 0 Å². The molecule has 0 unspecified atom stereocenters. The first-order chi connectivity index (χ1) is 11.3. The molecule has 24 heavy (non-hydrogen) atoms. The number of carbonyl (C=O) groups excluding carboxylic acids is 2. The minimum Gasteiger partial charge on any atom is -0.394 e. The SMILES string of the molecule is O=C(C[C@@H]1CC[C@H](NC(=O)CC2CC2)[C@H](CO)O1)NCC(F)(F)F. The van der Waals surface area contributed by atoms with E-state index in [1.165, 1.54) is 0 Å². The van der Waals surface area contributed by atoms with Gasteiger partial charge in [0, 0.05) is 6.42 Å². The summed E-state index contributed by atoms with van der Waals surface area (Å²) in [5.74, 6) is -0.372. The van der Waals surface area contributed by atoms with Crippen LogP contribution in [0.25, 0.3) is 0 Å². The molecule has 1 heterocycles. The van der Waals surface area contributed by atoms with Gasteiger partial charge in [-0.3, -0.25) is 9.59 Å². The summed E-state index contributed by atoms with van der Waals surface area (Å²) in [6.45, 7) is -1.70. The molecule has 6 nitrogen and oxygen atoms in total. The first-order valence-electron chi connectivity index (χ1n) is 8.16. The molecule has 2 amide bonds. The van der Waals surface area contributed by atoms with Crippen molar-refractivity contribution in [2.45, 2.75) is 63.0 Å². The van der Waals surface area contributed by atoms with Crippen LogP contribution < -0.4 is 10.6 Å². The van der Waals surface area contributed by atoms with Gasteiger partial charge in [-0.05, 0) is 31.6 Å². The Balaban J connectivity index is 1.74. The van der Waals surface area contributed by atoms with E-state index in [1.807, 2.05) is 0 Å². The monoisotopic (exact) mass is 352 g/mol. The van der Waals surface area contributed by atoms with Crippen LogP contribution in [0, 0.1) is 5.92 Å². The second-order valence-electron chi connectivity index (χ2n) is 6.47. The van der Waals surface area contributed by atoms with E-state index in [1.54, 1.807) is 5.32 Å². The molecule has 138 valence electrons. The number of halogens is 3. The number of nitrogens with one attached hydrogen (secondary N) is 2. The number of carbonyl (C=O) groups is 2. The molecule has 0 radical (unpaired) electrons. The Morgan fingerprint density at radius 1 is 1.08 bits per heavy atom. The molecule has 2 rings (SSSR count). The lowest BCUT2D eigenvalue weighted by atomic mass is 9.96. The summed E-state index contributed by atoms with van der Waals surface area (Å²) in [4.78, 5) is 23.4. The number of hydrogen-bond donors (Lipinski definition) is 3. The molecule has 0 aromatic carbocycles. The smallest absolute Gasteiger partial charge is 0.394 e. The van der Waals surface area contributed by atoms with Crippen molar-refractivity contribution in [1.29, 1.82) is 0 Å². The van der Waals surface area contributed by atoms with Crippen molar-refractivity contribution >= 4 is 11.8 Å². The van der Waals surface area contributed by atoms with Crippen molar-refractivity contribution in [1.82, 2.24) is 10.6 Å². The van der Waals surface area contributed by atoms with E-state index in [0.29, 0.717) is 25.2 Å². The Kier molecular flexibility index (Phi) is 6.45. The zero-order valence-electron chi connectivity index (χ0n) is 13.3. The summed E-state index contributed by atoms with van der Waals surface area (Å²) in [5.41, 5.74) is 0. The highest BCUT2D eigenvalue weighted by molar-refractivity contribution is 5.77. The molecule has 9 heteroatoms. The van der Waals surface area contributed by atoms with Crippen molar-refractivity contribution in [3.8, 4) is 0 Å². The molecule has 3 N–H and O–H groups in total. The number of amides is 2. The van der Waals surface area contributed by atoms with Crippen LogP contribution >= 0.6 is 0 Å². The van der Waals surface area contributed by atoms with Gasteiger partial charge in [-0.15, -0.1) is 0 Å². The zero-order chi connectivity index (χ0) is 17.7. The Labute approximate surface area is 138 Å². The van der Waals surface area contributed by atoms with Gasteiger partial charge in [-0.2, -0.15) is 13.2 Å². The molecule has 1 aliphatic heterocycles. The van der Waals surface area contributed by atoms with Gasteiger partial charge in [0.2, 0.25) is 11.8 Å². The van der Waals surface area contributed by atoms with Gasteiger partial charge in [0.1, 0.15) is 12.6 Å². The quantitative estimate of drug-likeness (QED) is 0.635. The predicted molar refractivity (Wildman–Crippen MR) is 77.9 cm³/mol. The second-order valence-corrected chi connectivity index (χ2v) is 6.47. The van der Waals surface area contributed by atoms with E-state index in [-0.39, 0.29) is 25.0 Å². The summed E-state index contributed by atoms with van der Waals surface area (Å²) >= 11 is 0. The van der Waals surface area contributed by atoms with Crippen molar-refractivity contribution in [3.05, 3.63) is 0 Å². The first-order valence-corrected chi connectivity index (χ1v) is 8.16. The number of aliphatic hydroxyl groups excluding tert-OH is 1. The number of ether oxygens (including phenoxy) is 1. The van der Waals surface area contributed by atoms with Crippen LogP contribution in [-0.4, -0.2) is 54.5 Å². The first kappa shape index (κ1) is 19.0. The topological polar surface area (TPSA) is 87.7 Å². The third-order valence-corrected chi connectivity index (χ3v) is 4.21. The highest BCUT2D eigenvalue weighted by atomic mass is 19.4. The van der Waals surface area contributed by atoms with Crippen LogP contribution in [0.2, 0.25) is 0 Å². The van der Waals surface area contributed by atoms with Crippen LogP contribution in [-0.2, 0) is 14.3 Å². The molecule has 2 fully saturated rings. The van der Waals surface area contributed by atoms with E-state index in [4.69, 9.17) is 4.74 Å². The maximum absolute atomic E-state index is 12.1. The van der Waals surface area contributed by atoms with Crippen LogP contribution in [0.1, 0.15) is 38.5 Å². The van der Waals surface area contributed by atoms with Gasteiger partial charge in [0.25, 0.3) is 0 Å². The van der Waals surface area contributed by atoms with E-state index in [0.717, 1.165) is 12.8 Å². The largest absolute Gasteiger partial charge is 0.405 e. The van der Waals surface area contributed by atoms with Crippen LogP contribution in [0.5, 0.6) is 0 Å². The fraction of sp³-hybridized carbons (Fsp3) is 0.867.